The molecule has 1 rings (SSSR count). The lowest BCUT2D eigenvalue weighted by Crippen LogP contribution is -2.28. The molecule has 0 amide bonds. The Hall–Kier alpha value is -0.790. The number of carboxylic acid groups (broad SMARTS) is 1. The number of hydrogen-bond donors (Lipinski definition) is 1. The van der Waals surface area contributed by atoms with Crippen LogP contribution in [0.1, 0.15) is 40.5 Å². The fraction of sp³-hybridized carbons (Fsp3) is 0.769. The second kappa shape index (κ2) is 4.82. The molecule has 1 N–H and O–H groups in total. The summed E-state index contributed by atoms with van der Waals surface area (Å²) in [6.07, 6.45) is 4.40. The summed E-state index contributed by atoms with van der Waals surface area (Å²) in [5.41, 5.74) is 0.494. The molecule has 0 aromatic heterocycles. The van der Waals surface area contributed by atoms with E-state index >= 15 is 0 Å². The second-order valence-electron chi connectivity index (χ2n) is 5.26. The van der Waals surface area contributed by atoms with Gasteiger partial charge in [-0.1, -0.05) is 26.8 Å². The van der Waals surface area contributed by atoms with E-state index in [0.717, 1.165) is 5.92 Å². The van der Waals surface area contributed by atoms with Crippen molar-refractivity contribution < 1.29 is 9.90 Å². The number of hydrogen-bond acceptors (Lipinski definition) is 1. The summed E-state index contributed by atoms with van der Waals surface area (Å²) < 4.78 is 0. The van der Waals surface area contributed by atoms with Crippen LogP contribution in [0.15, 0.2) is 11.6 Å². The lowest BCUT2D eigenvalue weighted by atomic mass is 9.69. The summed E-state index contributed by atoms with van der Waals surface area (Å²) in [4.78, 5) is 10.8. The highest BCUT2D eigenvalue weighted by molar-refractivity contribution is 5.85. The van der Waals surface area contributed by atoms with Crippen molar-refractivity contribution in [1.82, 2.24) is 0 Å². The fourth-order valence-electron chi connectivity index (χ4n) is 2.93. The van der Waals surface area contributed by atoms with E-state index in [9.17, 15) is 4.79 Å². The van der Waals surface area contributed by atoms with Gasteiger partial charge in [-0.3, -0.25) is 0 Å². The maximum atomic E-state index is 10.8. The van der Waals surface area contributed by atoms with Gasteiger partial charge in [-0.15, -0.1) is 0 Å². The van der Waals surface area contributed by atoms with Gasteiger partial charge in [0, 0.05) is 5.57 Å². The Morgan fingerprint density at radius 2 is 1.67 bits per heavy atom. The van der Waals surface area contributed by atoms with Crippen molar-refractivity contribution in [3.63, 3.8) is 0 Å². The molecule has 0 aliphatic heterocycles. The molecule has 0 aromatic carbocycles. The van der Waals surface area contributed by atoms with Crippen LogP contribution in [0.2, 0.25) is 0 Å². The molecular weight excluding hydrogens is 188 g/mol. The van der Waals surface area contributed by atoms with E-state index in [0.29, 0.717) is 23.3 Å². The molecule has 0 aromatic rings. The maximum Gasteiger partial charge on any atom is 0.330 e. The maximum absolute atomic E-state index is 10.8. The molecule has 0 bridgehead atoms. The van der Waals surface area contributed by atoms with Crippen LogP contribution in [0.3, 0.4) is 0 Å². The number of carbonyl (C=O) groups is 1. The topological polar surface area (TPSA) is 37.3 Å². The Kier molecular flexibility index (Phi) is 3.95. The quantitative estimate of drug-likeness (QED) is 0.710. The first-order chi connectivity index (χ1) is 6.91. The smallest absolute Gasteiger partial charge is 0.330 e. The number of rotatable bonds is 2. The van der Waals surface area contributed by atoms with Gasteiger partial charge in [0.2, 0.25) is 0 Å². The van der Waals surface area contributed by atoms with Gasteiger partial charge >= 0.3 is 5.97 Å². The minimum Gasteiger partial charge on any atom is -0.478 e. The lowest BCUT2D eigenvalue weighted by Gasteiger charge is -2.36. The molecule has 1 fully saturated rings. The van der Waals surface area contributed by atoms with Gasteiger partial charge in [-0.25, -0.2) is 4.79 Å². The van der Waals surface area contributed by atoms with Crippen LogP contribution in [0.4, 0.5) is 0 Å². The van der Waals surface area contributed by atoms with Crippen molar-refractivity contribution in [1.29, 1.82) is 0 Å². The minimum atomic E-state index is -0.784. The summed E-state index contributed by atoms with van der Waals surface area (Å²) in [7, 11) is 0. The molecule has 0 saturated heterocycles. The standard InChI is InChI=1S/C13H22O2/c1-8-5-9(2)12(10(3)6-8)7-11(4)13(14)15/h7-10,12H,5-6H2,1-4H3,(H,14,15). The first-order valence-electron chi connectivity index (χ1n) is 5.83. The molecule has 2 unspecified atom stereocenters. The highest BCUT2D eigenvalue weighted by atomic mass is 16.4. The first kappa shape index (κ1) is 12.3. The SMILES string of the molecule is CC(=CC1C(C)CC(C)CC1C)C(=O)O. The summed E-state index contributed by atoms with van der Waals surface area (Å²) in [5, 5.41) is 8.87. The minimum absolute atomic E-state index is 0.442. The van der Waals surface area contributed by atoms with Crippen molar-refractivity contribution in [2.24, 2.45) is 23.7 Å². The van der Waals surface area contributed by atoms with E-state index in [1.807, 2.05) is 6.08 Å². The van der Waals surface area contributed by atoms with Crippen molar-refractivity contribution in [2.75, 3.05) is 0 Å². The van der Waals surface area contributed by atoms with E-state index in [1.54, 1.807) is 6.92 Å². The van der Waals surface area contributed by atoms with Crippen molar-refractivity contribution in [3.05, 3.63) is 11.6 Å². The monoisotopic (exact) mass is 210 g/mol. The highest BCUT2D eigenvalue weighted by Crippen LogP contribution is 2.38. The van der Waals surface area contributed by atoms with E-state index in [1.165, 1.54) is 12.8 Å². The number of aliphatic carboxylic acids is 1. The molecule has 2 nitrogen and oxygen atoms in total. The largest absolute Gasteiger partial charge is 0.478 e. The average molecular weight is 210 g/mol. The first-order valence-corrected chi connectivity index (χ1v) is 5.83. The van der Waals surface area contributed by atoms with Crippen LogP contribution < -0.4 is 0 Å². The Morgan fingerprint density at radius 1 is 1.20 bits per heavy atom. The van der Waals surface area contributed by atoms with Crippen molar-refractivity contribution >= 4 is 5.97 Å². The van der Waals surface area contributed by atoms with E-state index in [-0.39, 0.29) is 0 Å². The molecule has 2 heteroatoms. The van der Waals surface area contributed by atoms with Crippen LogP contribution in [0, 0.1) is 23.7 Å². The van der Waals surface area contributed by atoms with Gasteiger partial charge in [0.25, 0.3) is 0 Å². The van der Waals surface area contributed by atoms with Crippen LogP contribution >= 0.6 is 0 Å². The Balaban J connectivity index is 2.76. The van der Waals surface area contributed by atoms with Gasteiger partial charge in [-0.2, -0.15) is 0 Å². The zero-order valence-electron chi connectivity index (χ0n) is 10.2. The lowest BCUT2D eigenvalue weighted by molar-refractivity contribution is -0.132. The van der Waals surface area contributed by atoms with Crippen molar-refractivity contribution in [2.45, 2.75) is 40.5 Å². The number of carboxylic acids is 1. The predicted octanol–water partition coefficient (Wildman–Crippen LogP) is 3.34. The van der Waals surface area contributed by atoms with Crippen LogP contribution in [-0.2, 0) is 4.79 Å². The van der Waals surface area contributed by atoms with Gasteiger partial charge in [0.15, 0.2) is 0 Å². The zero-order chi connectivity index (χ0) is 11.6. The second-order valence-corrected chi connectivity index (χ2v) is 5.26. The fourth-order valence-corrected chi connectivity index (χ4v) is 2.93. The molecule has 1 aliphatic rings. The molecule has 0 radical (unpaired) electrons. The van der Waals surface area contributed by atoms with Crippen LogP contribution in [0.5, 0.6) is 0 Å². The van der Waals surface area contributed by atoms with Gasteiger partial charge in [0.05, 0.1) is 0 Å². The molecule has 1 aliphatic carbocycles. The summed E-state index contributed by atoms with van der Waals surface area (Å²) >= 11 is 0. The molecule has 15 heavy (non-hydrogen) atoms. The third-order valence-corrected chi connectivity index (χ3v) is 3.64. The molecule has 2 atom stereocenters. The summed E-state index contributed by atoms with van der Waals surface area (Å²) in [6, 6.07) is 0. The normalized spacial score (nSPS) is 37.7. The molecule has 86 valence electrons. The summed E-state index contributed by atoms with van der Waals surface area (Å²) in [5.74, 6) is 1.66. The molecule has 0 spiro atoms. The molecule has 0 heterocycles. The zero-order valence-corrected chi connectivity index (χ0v) is 10.2. The number of allylic oxidation sites excluding steroid dienone is 1. The van der Waals surface area contributed by atoms with E-state index in [2.05, 4.69) is 20.8 Å². The van der Waals surface area contributed by atoms with Gasteiger partial charge in [-0.05, 0) is 43.4 Å². The Labute approximate surface area is 92.4 Å². The highest BCUT2D eigenvalue weighted by Gasteiger charge is 2.30. The third-order valence-electron chi connectivity index (χ3n) is 3.64. The van der Waals surface area contributed by atoms with Crippen molar-refractivity contribution in [3.8, 4) is 0 Å². The summed E-state index contributed by atoms with van der Waals surface area (Å²) in [6.45, 7) is 8.46. The van der Waals surface area contributed by atoms with Crippen LogP contribution in [-0.4, -0.2) is 11.1 Å². The Bertz CT molecular complexity index is 256. The van der Waals surface area contributed by atoms with E-state index in [4.69, 9.17) is 5.11 Å². The predicted molar refractivity (Wildman–Crippen MR) is 61.6 cm³/mol. The average Bonchev–Trinajstić information content (AvgIpc) is 2.10. The van der Waals surface area contributed by atoms with Crippen LogP contribution in [0.25, 0.3) is 0 Å². The van der Waals surface area contributed by atoms with E-state index < -0.39 is 5.97 Å². The van der Waals surface area contributed by atoms with Gasteiger partial charge < -0.3 is 5.11 Å². The van der Waals surface area contributed by atoms with Gasteiger partial charge in [0.1, 0.15) is 0 Å². The molecule has 1 saturated carbocycles. The Morgan fingerprint density at radius 3 is 2.07 bits per heavy atom. The molecular formula is C13H22O2. The third kappa shape index (κ3) is 3.08.